The highest BCUT2D eigenvalue weighted by atomic mass is 16.5. The predicted octanol–water partition coefficient (Wildman–Crippen LogP) is 3.72. The van der Waals surface area contributed by atoms with Crippen molar-refractivity contribution in [3.05, 3.63) is 95.1 Å². The lowest BCUT2D eigenvalue weighted by molar-refractivity contribution is -0.123. The average molecular weight is 404 g/mol. The largest absolute Gasteiger partial charge is 0.488 e. The van der Waals surface area contributed by atoms with Gasteiger partial charge in [-0.3, -0.25) is 20.4 Å². The van der Waals surface area contributed by atoms with Crippen LogP contribution >= 0.6 is 0 Å². The third kappa shape index (κ3) is 5.85. The Balaban J connectivity index is 1.52. The van der Waals surface area contributed by atoms with Crippen molar-refractivity contribution in [1.29, 1.82) is 0 Å². The second kappa shape index (κ2) is 10.1. The molecule has 0 aliphatic rings. The number of hydrogen-bond acceptors (Lipinski definition) is 4. The van der Waals surface area contributed by atoms with Crippen LogP contribution in [0.15, 0.2) is 72.8 Å². The maximum Gasteiger partial charge on any atom is 0.276 e. The highest BCUT2D eigenvalue weighted by Gasteiger charge is 2.13. The normalized spacial score (nSPS) is 10.2. The molecule has 0 aliphatic carbocycles. The smallest absolute Gasteiger partial charge is 0.276 e. The first-order chi connectivity index (χ1) is 14.5. The van der Waals surface area contributed by atoms with Gasteiger partial charge < -0.3 is 9.47 Å². The number of nitrogens with one attached hydrogen (secondary N) is 2. The van der Waals surface area contributed by atoms with Crippen molar-refractivity contribution in [1.82, 2.24) is 10.9 Å². The third-order valence-electron chi connectivity index (χ3n) is 4.37. The zero-order valence-corrected chi connectivity index (χ0v) is 17.0. The topological polar surface area (TPSA) is 76.7 Å². The quantitative estimate of drug-likeness (QED) is 0.589. The van der Waals surface area contributed by atoms with E-state index in [-0.39, 0.29) is 6.61 Å². The predicted molar refractivity (Wildman–Crippen MR) is 114 cm³/mol. The second-order valence-corrected chi connectivity index (χ2v) is 6.83. The van der Waals surface area contributed by atoms with Crippen LogP contribution in [0.3, 0.4) is 0 Å². The van der Waals surface area contributed by atoms with E-state index < -0.39 is 11.8 Å². The van der Waals surface area contributed by atoms with Crippen LogP contribution in [-0.4, -0.2) is 18.4 Å². The molecule has 3 aromatic carbocycles. The molecule has 0 saturated carbocycles. The molecule has 30 heavy (non-hydrogen) atoms. The summed E-state index contributed by atoms with van der Waals surface area (Å²) in [6, 6.07) is 22.2. The van der Waals surface area contributed by atoms with Gasteiger partial charge in [0.1, 0.15) is 18.1 Å². The number of hydrogen-bond donors (Lipinski definition) is 2. The molecular weight excluding hydrogens is 380 g/mol. The van der Waals surface area contributed by atoms with Gasteiger partial charge in [0, 0.05) is 0 Å². The SMILES string of the molecule is Cc1ccc(OCC(=O)NNC(=O)c2ccccc2OCc2ccccc2)c(C)c1. The molecule has 0 spiro atoms. The molecule has 6 nitrogen and oxygen atoms in total. The number of rotatable bonds is 7. The molecule has 2 N–H and O–H groups in total. The summed E-state index contributed by atoms with van der Waals surface area (Å²) in [6.07, 6.45) is 0. The molecule has 3 rings (SSSR count). The summed E-state index contributed by atoms with van der Waals surface area (Å²) in [5.41, 5.74) is 8.13. The second-order valence-electron chi connectivity index (χ2n) is 6.83. The number of ether oxygens (including phenoxy) is 2. The van der Waals surface area contributed by atoms with Crippen LogP contribution in [0.4, 0.5) is 0 Å². The molecule has 0 saturated heterocycles. The first-order valence-electron chi connectivity index (χ1n) is 9.58. The van der Waals surface area contributed by atoms with E-state index >= 15 is 0 Å². The molecular formula is C24H24N2O4. The fraction of sp³-hybridized carbons (Fsp3) is 0.167. The number of aryl methyl sites for hydroxylation is 2. The number of benzene rings is 3. The van der Waals surface area contributed by atoms with E-state index in [1.54, 1.807) is 24.3 Å². The maximum absolute atomic E-state index is 12.5. The average Bonchev–Trinajstić information content (AvgIpc) is 2.76. The van der Waals surface area contributed by atoms with Crippen LogP contribution in [0.2, 0.25) is 0 Å². The van der Waals surface area contributed by atoms with E-state index in [1.807, 2.05) is 62.4 Å². The lowest BCUT2D eigenvalue weighted by Gasteiger charge is -2.13. The summed E-state index contributed by atoms with van der Waals surface area (Å²) in [5.74, 6) is 0.117. The fourth-order valence-electron chi connectivity index (χ4n) is 2.85. The standard InChI is InChI=1S/C24H24N2O4/c1-17-12-13-21(18(2)14-17)30-16-23(27)25-26-24(28)20-10-6-7-11-22(20)29-15-19-8-4-3-5-9-19/h3-14H,15-16H2,1-2H3,(H,25,27)(H,26,28). The molecule has 0 fully saturated rings. The van der Waals surface area contributed by atoms with Gasteiger partial charge in [0.25, 0.3) is 11.8 Å². The zero-order chi connectivity index (χ0) is 21.3. The summed E-state index contributed by atoms with van der Waals surface area (Å²) in [6.45, 7) is 4.02. The van der Waals surface area contributed by atoms with Gasteiger partial charge in [-0.25, -0.2) is 0 Å². The molecule has 2 amide bonds. The minimum absolute atomic E-state index is 0.212. The summed E-state index contributed by atoms with van der Waals surface area (Å²) >= 11 is 0. The number of carbonyl (C=O) groups is 2. The van der Waals surface area contributed by atoms with Crippen LogP contribution in [0.5, 0.6) is 11.5 Å². The first kappa shape index (κ1) is 20.9. The summed E-state index contributed by atoms with van der Waals surface area (Å²) in [5, 5.41) is 0. The molecule has 0 unspecified atom stereocenters. The molecule has 0 heterocycles. The minimum atomic E-state index is -0.474. The minimum Gasteiger partial charge on any atom is -0.488 e. The maximum atomic E-state index is 12.5. The Bertz CT molecular complexity index is 1020. The number of amides is 2. The van der Waals surface area contributed by atoms with Crippen molar-refractivity contribution in [2.75, 3.05) is 6.61 Å². The molecule has 3 aromatic rings. The number of carbonyl (C=O) groups excluding carboxylic acids is 2. The van der Waals surface area contributed by atoms with Crippen LogP contribution in [0, 0.1) is 13.8 Å². The Morgan fingerprint density at radius 1 is 0.800 bits per heavy atom. The van der Waals surface area contributed by atoms with E-state index in [0.29, 0.717) is 23.7 Å². The molecule has 0 bridgehead atoms. The highest BCUT2D eigenvalue weighted by Crippen LogP contribution is 2.20. The first-order valence-corrected chi connectivity index (χ1v) is 9.58. The number of para-hydroxylation sites is 1. The highest BCUT2D eigenvalue weighted by molar-refractivity contribution is 5.97. The molecule has 154 valence electrons. The summed E-state index contributed by atoms with van der Waals surface area (Å²) < 4.78 is 11.3. The van der Waals surface area contributed by atoms with Crippen molar-refractivity contribution in [2.24, 2.45) is 0 Å². The third-order valence-corrected chi connectivity index (χ3v) is 4.37. The summed E-state index contributed by atoms with van der Waals surface area (Å²) in [7, 11) is 0. The van der Waals surface area contributed by atoms with Crippen molar-refractivity contribution < 1.29 is 19.1 Å². The van der Waals surface area contributed by atoms with Crippen LogP contribution < -0.4 is 20.3 Å². The molecule has 0 radical (unpaired) electrons. The van der Waals surface area contributed by atoms with Crippen LogP contribution in [-0.2, 0) is 11.4 Å². The van der Waals surface area contributed by atoms with E-state index in [1.165, 1.54) is 0 Å². The van der Waals surface area contributed by atoms with Gasteiger partial charge in [-0.15, -0.1) is 0 Å². The van der Waals surface area contributed by atoms with E-state index in [4.69, 9.17) is 9.47 Å². The molecule has 0 aromatic heterocycles. The van der Waals surface area contributed by atoms with Gasteiger partial charge >= 0.3 is 0 Å². The lowest BCUT2D eigenvalue weighted by atomic mass is 10.1. The number of hydrazine groups is 1. The summed E-state index contributed by atoms with van der Waals surface area (Å²) in [4.78, 5) is 24.5. The van der Waals surface area contributed by atoms with Crippen LogP contribution in [0.25, 0.3) is 0 Å². The Morgan fingerprint density at radius 2 is 1.53 bits per heavy atom. The van der Waals surface area contributed by atoms with Crippen molar-refractivity contribution in [3.8, 4) is 11.5 Å². The van der Waals surface area contributed by atoms with Gasteiger partial charge in [-0.05, 0) is 43.2 Å². The van der Waals surface area contributed by atoms with E-state index in [2.05, 4.69) is 10.9 Å². The van der Waals surface area contributed by atoms with Gasteiger partial charge in [0.15, 0.2) is 6.61 Å². The fourth-order valence-corrected chi connectivity index (χ4v) is 2.85. The van der Waals surface area contributed by atoms with Gasteiger partial charge in [0.2, 0.25) is 0 Å². The Labute approximate surface area is 175 Å². The Hall–Kier alpha value is -3.80. The van der Waals surface area contributed by atoms with Crippen LogP contribution in [0.1, 0.15) is 27.0 Å². The lowest BCUT2D eigenvalue weighted by Crippen LogP contribution is -2.44. The Kier molecular flexibility index (Phi) is 7.05. The molecule has 6 heteroatoms. The molecule has 0 aliphatic heterocycles. The van der Waals surface area contributed by atoms with Gasteiger partial charge in [-0.2, -0.15) is 0 Å². The van der Waals surface area contributed by atoms with Gasteiger partial charge in [-0.1, -0.05) is 60.2 Å². The van der Waals surface area contributed by atoms with Gasteiger partial charge in [0.05, 0.1) is 5.56 Å². The van der Waals surface area contributed by atoms with Crippen molar-refractivity contribution >= 4 is 11.8 Å². The Morgan fingerprint density at radius 3 is 2.30 bits per heavy atom. The monoisotopic (exact) mass is 404 g/mol. The zero-order valence-electron chi connectivity index (χ0n) is 17.0. The van der Waals surface area contributed by atoms with E-state index in [9.17, 15) is 9.59 Å². The van der Waals surface area contributed by atoms with E-state index in [0.717, 1.165) is 16.7 Å². The van der Waals surface area contributed by atoms with Crippen molar-refractivity contribution in [2.45, 2.75) is 20.5 Å². The van der Waals surface area contributed by atoms with Crippen molar-refractivity contribution in [3.63, 3.8) is 0 Å². The molecule has 0 atom stereocenters.